The standard InChI is InChI=1S/C23H26N4O7/c1-31-16-7-5-14(6-8-16)25-23(30)17-9-10-21(29)27(26-17)13-20(28)24-15-11-18(32-2)22(34-4)19(12-15)33-3/h5-8,11-12H,9-10,13H2,1-4H3,(H,24,28)(H,25,30). The van der Waals surface area contributed by atoms with Crippen LogP contribution in [0.3, 0.4) is 0 Å². The highest BCUT2D eigenvalue weighted by molar-refractivity contribution is 6.43. The summed E-state index contributed by atoms with van der Waals surface area (Å²) >= 11 is 0. The minimum atomic E-state index is -0.511. The summed E-state index contributed by atoms with van der Waals surface area (Å²) in [7, 11) is 5.94. The quantitative estimate of drug-likeness (QED) is 0.575. The monoisotopic (exact) mass is 470 g/mol. The first kappa shape index (κ1) is 24.4. The van der Waals surface area contributed by atoms with Crippen molar-refractivity contribution in [1.29, 1.82) is 0 Å². The second-order valence-electron chi connectivity index (χ2n) is 7.14. The zero-order valence-corrected chi connectivity index (χ0v) is 19.3. The van der Waals surface area contributed by atoms with E-state index in [0.29, 0.717) is 34.4 Å². The van der Waals surface area contributed by atoms with E-state index < -0.39 is 11.8 Å². The van der Waals surface area contributed by atoms with Gasteiger partial charge in [0.2, 0.25) is 17.6 Å². The zero-order valence-electron chi connectivity index (χ0n) is 19.3. The Morgan fingerprint density at radius 2 is 1.53 bits per heavy atom. The lowest BCUT2D eigenvalue weighted by Gasteiger charge is -2.23. The molecule has 0 aliphatic carbocycles. The number of carbonyl (C=O) groups excluding carboxylic acids is 3. The van der Waals surface area contributed by atoms with E-state index >= 15 is 0 Å². The SMILES string of the molecule is COc1ccc(NC(=O)C2=NN(CC(=O)Nc3cc(OC)c(OC)c(OC)c3)C(=O)CC2)cc1. The number of nitrogens with zero attached hydrogens (tertiary/aromatic N) is 2. The highest BCUT2D eigenvalue weighted by Gasteiger charge is 2.26. The maximum atomic E-state index is 12.6. The molecule has 0 bridgehead atoms. The first-order chi connectivity index (χ1) is 16.4. The number of hydrogen-bond acceptors (Lipinski definition) is 8. The van der Waals surface area contributed by atoms with Crippen molar-refractivity contribution in [3.8, 4) is 23.0 Å². The van der Waals surface area contributed by atoms with Crippen molar-refractivity contribution in [3.05, 3.63) is 36.4 Å². The number of hydrogen-bond donors (Lipinski definition) is 2. The lowest BCUT2D eigenvalue weighted by Crippen LogP contribution is -2.40. The van der Waals surface area contributed by atoms with Gasteiger partial charge in [0.1, 0.15) is 18.0 Å². The highest BCUT2D eigenvalue weighted by atomic mass is 16.5. The van der Waals surface area contributed by atoms with Crippen molar-refractivity contribution < 1.29 is 33.3 Å². The van der Waals surface area contributed by atoms with Crippen molar-refractivity contribution in [2.24, 2.45) is 5.10 Å². The van der Waals surface area contributed by atoms with Gasteiger partial charge >= 0.3 is 0 Å². The second-order valence-corrected chi connectivity index (χ2v) is 7.14. The molecular weight excluding hydrogens is 444 g/mol. The normalized spacial score (nSPS) is 13.0. The molecule has 3 rings (SSSR count). The molecule has 1 aliphatic rings. The highest BCUT2D eigenvalue weighted by Crippen LogP contribution is 2.39. The van der Waals surface area contributed by atoms with Gasteiger partial charge in [-0.2, -0.15) is 5.10 Å². The molecule has 11 heteroatoms. The fourth-order valence-electron chi connectivity index (χ4n) is 3.26. The number of anilines is 2. The van der Waals surface area contributed by atoms with Crippen LogP contribution in [-0.4, -0.2) is 63.4 Å². The van der Waals surface area contributed by atoms with Crippen molar-refractivity contribution >= 4 is 34.8 Å². The predicted octanol–water partition coefficient (Wildman–Crippen LogP) is 2.28. The molecule has 0 atom stereocenters. The van der Waals surface area contributed by atoms with Gasteiger partial charge in [0.05, 0.1) is 28.4 Å². The lowest BCUT2D eigenvalue weighted by molar-refractivity contribution is -0.135. The molecule has 1 heterocycles. The number of amides is 3. The van der Waals surface area contributed by atoms with E-state index in [4.69, 9.17) is 18.9 Å². The van der Waals surface area contributed by atoms with Gasteiger partial charge in [-0.3, -0.25) is 14.4 Å². The van der Waals surface area contributed by atoms with Gasteiger partial charge in [0, 0.05) is 36.3 Å². The summed E-state index contributed by atoms with van der Waals surface area (Å²) in [4.78, 5) is 37.5. The molecule has 2 aromatic carbocycles. The fourth-order valence-corrected chi connectivity index (χ4v) is 3.26. The molecule has 2 aromatic rings. The number of nitrogens with one attached hydrogen (secondary N) is 2. The third kappa shape index (κ3) is 5.74. The third-order valence-electron chi connectivity index (χ3n) is 4.96. The van der Waals surface area contributed by atoms with Crippen LogP contribution in [0, 0.1) is 0 Å². The Balaban J connectivity index is 1.69. The van der Waals surface area contributed by atoms with Crippen LogP contribution < -0.4 is 29.6 Å². The second kappa shape index (κ2) is 11.0. The van der Waals surface area contributed by atoms with Crippen LogP contribution in [0.4, 0.5) is 11.4 Å². The van der Waals surface area contributed by atoms with E-state index in [0.717, 1.165) is 5.01 Å². The Morgan fingerprint density at radius 1 is 0.882 bits per heavy atom. The Morgan fingerprint density at radius 3 is 2.09 bits per heavy atom. The molecule has 3 amide bonds. The number of hydrazone groups is 1. The van der Waals surface area contributed by atoms with E-state index in [1.165, 1.54) is 21.3 Å². The molecule has 0 unspecified atom stereocenters. The molecule has 2 N–H and O–H groups in total. The van der Waals surface area contributed by atoms with Gasteiger partial charge in [-0.25, -0.2) is 5.01 Å². The number of ether oxygens (including phenoxy) is 4. The van der Waals surface area contributed by atoms with Crippen LogP contribution in [0.25, 0.3) is 0 Å². The zero-order chi connectivity index (χ0) is 24.7. The summed E-state index contributed by atoms with van der Waals surface area (Å²) in [5.41, 5.74) is 1.08. The van der Waals surface area contributed by atoms with Gasteiger partial charge in [0.15, 0.2) is 11.5 Å². The first-order valence-corrected chi connectivity index (χ1v) is 10.3. The summed E-state index contributed by atoms with van der Waals surface area (Å²) in [6.07, 6.45) is 0.234. The third-order valence-corrected chi connectivity index (χ3v) is 4.96. The predicted molar refractivity (Wildman–Crippen MR) is 125 cm³/mol. The molecule has 0 saturated heterocycles. The van der Waals surface area contributed by atoms with Crippen LogP contribution in [0.1, 0.15) is 12.8 Å². The molecule has 0 saturated carbocycles. The van der Waals surface area contributed by atoms with Crippen molar-refractivity contribution in [2.75, 3.05) is 45.6 Å². The maximum Gasteiger partial charge on any atom is 0.271 e. The first-order valence-electron chi connectivity index (χ1n) is 10.3. The fraction of sp³-hybridized carbons (Fsp3) is 0.304. The minimum absolute atomic E-state index is 0.0618. The van der Waals surface area contributed by atoms with Gasteiger partial charge in [-0.05, 0) is 24.3 Å². The van der Waals surface area contributed by atoms with Crippen molar-refractivity contribution in [3.63, 3.8) is 0 Å². The van der Waals surface area contributed by atoms with Crippen LogP contribution in [0.15, 0.2) is 41.5 Å². The Kier molecular flexibility index (Phi) is 7.91. The smallest absolute Gasteiger partial charge is 0.271 e. The van der Waals surface area contributed by atoms with Gasteiger partial charge in [-0.15, -0.1) is 0 Å². The average Bonchev–Trinajstić information content (AvgIpc) is 2.85. The Bertz CT molecular complexity index is 1070. The summed E-state index contributed by atoms with van der Waals surface area (Å²) < 4.78 is 20.9. The molecule has 1 aliphatic heterocycles. The summed E-state index contributed by atoms with van der Waals surface area (Å²) in [6, 6.07) is 9.92. The summed E-state index contributed by atoms with van der Waals surface area (Å²) in [5, 5.41) is 10.5. The minimum Gasteiger partial charge on any atom is -0.497 e. The van der Waals surface area contributed by atoms with Crippen molar-refractivity contribution in [1.82, 2.24) is 5.01 Å². The number of carbonyl (C=O) groups is 3. The molecule has 180 valence electrons. The average molecular weight is 470 g/mol. The van der Waals surface area contributed by atoms with E-state index in [1.807, 2.05) is 0 Å². The van der Waals surface area contributed by atoms with Crippen molar-refractivity contribution in [2.45, 2.75) is 12.8 Å². The van der Waals surface area contributed by atoms with E-state index in [2.05, 4.69) is 15.7 Å². The summed E-state index contributed by atoms with van der Waals surface area (Å²) in [6.45, 7) is -0.366. The van der Waals surface area contributed by atoms with Gasteiger partial charge < -0.3 is 29.6 Å². The van der Waals surface area contributed by atoms with E-state index in [9.17, 15) is 14.4 Å². The Labute approximate surface area is 196 Å². The topological polar surface area (TPSA) is 128 Å². The molecule has 34 heavy (non-hydrogen) atoms. The van der Waals surface area contributed by atoms with Gasteiger partial charge in [0.25, 0.3) is 5.91 Å². The number of methoxy groups -OCH3 is 4. The molecule has 0 spiro atoms. The molecule has 0 aromatic heterocycles. The van der Waals surface area contributed by atoms with Gasteiger partial charge in [-0.1, -0.05) is 0 Å². The van der Waals surface area contributed by atoms with Crippen LogP contribution in [-0.2, 0) is 14.4 Å². The van der Waals surface area contributed by atoms with Crippen LogP contribution in [0.2, 0.25) is 0 Å². The van der Waals surface area contributed by atoms with E-state index in [1.54, 1.807) is 43.5 Å². The summed E-state index contributed by atoms with van der Waals surface area (Å²) in [5.74, 6) is 0.439. The molecular formula is C23H26N4O7. The largest absolute Gasteiger partial charge is 0.497 e. The molecule has 0 radical (unpaired) electrons. The van der Waals surface area contributed by atoms with Crippen LogP contribution in [0.5, 0.6) is 23.0 Å². The Hall–Kier alpha value is -4.28. The molecule has 0 fully saturated rings. The number of rotatable bonds is 9. The van der Waals surface area contributed by atoms with E-state index in [-0.39, 0.29) is 31.0 Å². The molecule has 11 nitrogen and oxygen atoms in total. The lowest BCUT2D eigenvalue weighted by atomic mass is 10.1. The van der Waals surface area contributed by atoms with Crippen LogP contribution >= 0.6 is 0 Å². The number of benzene rings is 2. The maximum absolute atomic E-state index is 12.6.